The fourth-order valence-electron chi connectivity index (χ4n) is 2.97. The number of esters is 1. The van der Waals surface area contributed by atoms with Crippen LogP contribution in [0.25, 0.3) is 5.69 Å². The van der Waals surface area contributed by atoms with Crippen LogP contribution in [-0.2, 0) is 9.53 Å². The predicted octanol–water partition coefficient (Wildman–Crippen LogP) is 3.37. The van der Waals surface area contributed by atoms with E-state index in [-0.39, 0.29) is 18.0 Å². The van der Waals surface area contributed by atoms with Gasteiger partial charge in [-0.3, -0.25) is 4.79 Å². The highest BCUT2D eigenvalue weighted by Gasteiger charge is 2.27. The summed E-state index contributed by atoms with van der Waals surface area (Å²) in [4.78, 5) is 26.7. The third-order valence-electron chi connectivity index (χ3n) is 4.18. The van der Waals surface area contributed by atoms with Crippen LogP contribution in [0.1, 0.15) is 50.7 Å². The van der Waals surface area contributed by atoms with Crippen LogP contribution >= 0.6 is 0 Å². The summed E-state index contributed by atoms with van der Waals surface area (Å²) in [6.07, 6.45) is 0.889. The normalized spacial score (nSPS) is 12.3. The van der Waals surface area contributed by atoms with Gasteiger partial charge in [0.2, 0.25) is 0 Å². The smallest absolute Gasteiger partial charge is 0.338 e. The Labute approximate surface area is 154 Å². The zero-order valence-electron chi connectivity index (χ0n) is 16.3. The second-order valence-electron chi connectivity index (χ2n) is 6.91. The van der Waals surface area contributed by atoms with E-state index in [2.05, 4.69) is 5.10 Å². The molecule has 0 aliphatic heterocycles. The number of ether oxygens (including phenoxy) is 1. The van der Waals surface area contributed by atoms with Crippen molar-refractivity contribution in [2.45, 2.75) is 59.7 Å². The van der Waals surface area contributed by atoms with Crippen LogP contribution in [0.5, 0.6) is 0 Å². The topological polar surface area (TPSA) is 64.4 Å². The summed E-state index contributed by atoms with van der Waals surface area (Å²) in [5.41, 5.74) is 2.26. The molecule has 1 atom stereocenters. The third-order valence-corrected chi connectivity index (χ3v) is 4.18. The average molecular weight is 357 g/mol. The van der Waals surface area contributed by atoms with Crippen LogP contribution in [0.15, 0.2) is 36.5 Å². The van der Waals surface area contributed by atoms with Gasteiger partial charge < -0.3 is 9.64 Å². The number of aromatic nitrogens is 2. The van der Waals surface area contributed by atoms with Gasteiger partial charge in [-0.2, -0.15) is 5.10 Å². The molecule has 0 radical (unpaired) electrons. The monoisotopic (exact) mass is 357 g/mol. The second-order valence-corrected chi connectivity index (χ2v) is 6.91. The van der Waals surface area contributed by atoms with Gasteiger partial charge in [0.05, 0.1) is 11.3 Å². The third kappa shape index (κ3) is 4.31. The van der Waals surface area contributed by atoms with Crippen LogP contribution < -0.4 is 0 Å². The summed E-state index contributed by atoms with van der Waals surface area (Å²) in [6.45, 7) is 11.4. The molecule has 2 aromatic rings. The minimum absolute atomic E-state index is 0.0419. The van der Waals surface area contributed by atoms with Gasteiger partial charge in [0.15, 0.2) is 6.10 Å². The summed E-state index contributed by atoms with van der Waals surface area (Å²) in [7, 11) is 0. The largest absolute Gasteiger partial charge is 0.449 e. The molecule has 0 spiro atoms. The van der Waals surface area contributed by atoms with E-state index in [1.807, 2.05) is 40.7 Å². The summed E-state index contributed by atoms with van der Waals surface area (Å²) < 4.78 is 7.16. The van der Waals surface area contributed by atoms with Crippen molar-refractivity contribution >= 4 is 11.9 Å². The van der Waals surface area contributed by atoms with Gasteiger partial charge in [-0.1, -0.05) is 0 Å². The SMILES string of the molecule is Cc1ccnn1-c1ccc(C(=O)OC(C)C(=O)N(C(C)C)C(C)C)cc1. The second kappa shape index (κ2) is 8.17. The molecule has 0 fully saturated rings. The Balaban J connectivity index is 2.07. The minimum atomic E-state index is -0.833. The van der Waals surface area contributed by atoms with Crippen molar-refractivity contribution in [3.63, 3.8) is 0 Å². The predicted molar refractivity (Wildman–Crippen MR) is 100 cm³/mol. The molecule has 26 heavy (non-hydrogen) atoms. The lowest BCUT2D eigenvalue weighted by molar-refractivity contribution is -0.143. The summed E-state index contributed by atoms with van der Waals surface area (Å²) in [6, 6.07) is 8.96. The quantitative estimate of drug-likeness (QED) is 0.744. The molecular formula is C20H27N3O3. The Hall–Kier alpha value is -2.63. The zero-order chi connectivity index (χ0) is 19.4. The van der Waals surface area contributed by atoms with E-state index in [0.717, 1.165) is 11.4 Å². The highest BCUT2D eigenvalue weighted by atomic mass is 16.5. The summed E-state index contributed by atoms with van der Waals surface area (Å²) in [5.74, 6) is -0.700. The van der Waals surface area contributed by atoms with Crippen LogP contribution in [0.3, 0.4) is 0 Å². The first-order valence-corrected chi connectivity index (χ1v) is 8.86. The maximum Gasteiger partial charge on any atom is 0.338 e. The highest BCUT2D eigenvalue weighted by Crippen LogP contribution is 2.14. The van der Waals surface area contributed by atoms with E-state index < -0.39 is 12.1 Å². The van der Waals surface area contributed by atoms with Crippen LogP contribution in [0.2, 0.25) is 0 Å². The van der Waals surface area contributed by atoms with Crippen molar-refractivity contribution in [2.24, 2.45) is 0 Å². The van der Waals surface area contributed by atoms with Crippen LogP contribution in [0, 0.1) is 6.92 Å². The van der Waals surface area contributed by atoms with Crippen molar-refractivity contribution < 1.29 is 14.3 Å². The molecule has 1 aromatic carbocycles. The number of hydrogen-bond donors (Lipinski definition) is 0. The highest BCUT2D eigenvalue weighted by molar-refractivity contribution is 5.92. The molecule has 1 heterocycles. The summed E-state index contributed by atoms with van der Waals surface area (Å²) in [5, 5.41) is 4.23. The van der Waals surface area contributed by atoms with Crippen molar-refractivity contribution in [3.8, 4) is 5.69 Å². The van der Waals surface area contributed by atoms with Crippen molar-refractivity contribution in [3.05, 3.63) is 47.8 Å². The Morgan fingerprint density at radius 3 is 2.04 bits per heavy atom. The van der Waals surface area contributed by atoms with Crippen molar-refractivity contribution in [1.29, 1.82) is 0 Å². The first kappa shape index (κ1) is 19.7. The molecule has 0 saturated heterocycles. The maximum absolute atomic E-state index is 12.6. The van der Waals surface area contributed by atoms with Gasteiger partial charge in [-0.15, -0.1) is 0 Å². The Bertz CT molecular complexity index is 755. The van der Waals surface area contributed by atoms with Gasteiger partial charge in [0.1, 0.15) is 0 Å². The number of benzene rings is 1. The molecule has 6 nitrogen and oxygen atoms in total. The van der Waals surface area contributed by atoms with Crippen molar-refractivity contribution in [1.82, 2.24) is 14.7 Å². The van der Waals surface area contributed by atoms with Gasteiger partial charge in [0.25, 0.3) is 5.91 Å². The lowest BCUT2D eigenvalue weighted by Gasteiger charge is -2.32. The first-order valence-electron chi connectivity index (χ1n) is 8.86. The Morgan fingerprint density at radius 2 is 1.58 bits per heavy atom. The fraction of sp³-hybridized carbons (Fsp3) is 0.450. The van der Waals surface area contributed by atoms with Gasteiger partial charge in [-0.05, 0) is 71.9 Å². The molecule has 2 rings (SSSR count). The standard InChI is InChI=1S/C20H27N3O3/c1-13(2)22(14(3)4)19(24)16(6)26-20(25)17-7-9-18(10-8-17)23-15(5)11-12-21-23/h7-14,16H,1-6H3. The maximum atomic E-state index is 12.6. The van der Waals surface area contributed by atoms with Gasteiger partial charge in [-0.25, -0.2) is 9.48 Å². The zero-order valence-corrected chi connectivity index (χ0v) is 16.3. The van der Waals surface area contributed by atoms with E-state index >= 15 is 0 Å². The lowest BCUT2D eigenvalue weighted by Crippen LogP contribution is -2.47. The summed E-state index contributed by atoms with van der Waals surface area (Å²) >= 11 is 0. The van der Waals surface area contributed by atoms with Crippen LogP contribution in [-0.4, -0.2) is 44.7 Å². The molecular weight excluding hydrogens is 330 g/mol. The number of nitrogens with zero attached hydrogens (tertiary/aromatic N) is 3. The van der Waals surface area contributed by atoms with E-state index in [0.29, 0.717) is 5.56 Å². The molecule has 0 aliphatic rings. The van der Waals surface area contributed by atoms with E-state index in [4.69, 9.17) is 4.74 Å². The molecule has 1 aromatic heterocycles. The number of carbonyl (C=O) groups excluding carboxylic acids is 2. The molecule has 1 amide bonds. The molecule has 1 unspecified atom stereocenters. The molecule has 0 bridgehead atoms. The van der Waals surface area contributed by atoms with Crippen LogP contribution in [0.4, 0.5) is 0 Å². The van der Waals surface area contributed by atoms with Crippen molar-refractivity contribution in [2.75, 3.05) is 0 Å². The molecule has 0 aliphatic carbocycles. The first-order chi connectivity index (χ1) is 12.2. The number of carbonyl (C=O) groups is 2. The number of hydrogen-bond acceptors (Lipinski definition) is 4. The number of rotatable bonds is 6. The minimum Gasteiger partial charge on any atom is -0.449 e. The molecule has 0 N–H and O–H groups in total. The molecule has 140 valence electrons. The Morgan fingerprint density at radius 1 is 1.00 bits per heavy atom. The van der Waals surface area contributed by atoms with Gasteiger partial charge >= 0.3 is 5.97 Å². The molecule has 6 heteroatoms. The average Bonchev–Trinajstić information content (AvgIpc) is 3.00. The fourth-order valence-corrected chi connectivity index (χ4v) is 2.97. The Kier molecular flexibility index (Phi) is 6.18. The molecule has 0 saturated carbocycles. The lowest BCUT2D eigenvalue weighted by atomic mass is 10.2. The van der Waals surface area contributed by atoms with E-state index in [1.165, 1.54) is 0 Å². The number of aryl methyl sites for hydroxylation is 1. The van der Waals surface area contributed by atoms with E-state index in [9.17, 15) is 9.59 Å². The van der Waals surface area contributed by atoms with E-state index in [1.54, 1.807) is 47.0 Å². The van der Waals surface area contributed by atoms with Gasteiger partial charge in [0, 0.05) is 24.0 Å². The number of amides is 1.